The van der Waals surface area contributed by atoms with Crippen LogP contribution >= 0.6 is 22.9 Å². The number of benzene rings is 1. The van der Waals surface area contributed by atoms with E-state index in [2.05, 4.69) is 0 Å². The summed E-state index contributed by atoms with van der Waals surface area (Å²) >= 11 is 7.11. The average Bonchev–Trinajstić information content (AvgIpc) is 3.03. The highest BCUT2D eigenvalue weighted by molar-refractivity contribution is 7.91. The monoisotopic (exact) mass is 343 g/mol. The third kappa shape index (κ3) is 3.14. The molecule has 0 radical (unpaired) electrons. The lowest BCUT2D eigenvalue weighted by molar-refractivity contribution is -0.00249. The lowest BCUT2D eigenvalue weighted by Gasteiger charge is -2.32. The fraction of sp³-hybridized carbons (Fsp3) is 0.286. The first kappa shape index (κ1) is 15.0. The van der Waals surface area contributed by atoms with Crippen LogP contribution in [0.4, 0.5) is 0 Å². The van der Waals surface area contributed by atoms with Crippen LogP contribution in [0.5, 0.6) is 0 Å². The van der Waals surface area contributed by atoms with Gasteiger partial charge in [0.1, 0.15) is 4.21 Å². The number of morpholine rings is 1. The summed E-state index contributed by atoms with van der Waals surface area (Å²) in [6.45, 7) is 1.09. The highest BCUT2D eigenvalue weighted by Crippen LogP contribution is 2.28. The standard InChI is InChI=1S/C14H14ClNO3S2/c15-12-5-3-11(4-6-12)13-10-16(7-8-19-13)21(17,18)14-2-1-9-20-14/h1-6,9,13H,7-8,10H2. The van der Waals surface area contributed by atoms with Crippen LogP contribution in [0.25, 0.3) is 0 Å². The SMILES string of the molecule is O=S(=O)(c1cccs1)N1CCOC(c2ccc(Cl)cc2)C1. The molecule has 2 heterocycles. The summed E-state index contributed by atoms with van der Waals surface area (Å²) in [5, 5.41) is 2.42. The molecule has 1 atom stereocenters. The first-order chi connectivity index (χ1) is 10.1. The molecule has 7 heteroatoms. The molecule has 0 aliphatic carbocycles. The number of hydrogen-bond acceptors (Lipinski definition) is 4. The van der Waals surface area contributed by atoms with Crippen LogP contribution in [0.1, 0.15) is 11.7 Å². The lowest BCUT2D eigenvalue weighted by Crippen LogP contribution is -2.41. The van der Waals surface area contributed by atoms with Crippen molar-refractivity contribution in [1.29, 1.82) is 0 Å². The number of sulfonamides is 1. The fourth-order valence-electron chi connectivity index (χ4n) is 2.26. The quantitative estimate of drug-likeness (QED) is 0.860. The summed E-state index contributed by atoms with van der Waals surface area (Å²) in [6, 6.07) is 10.7. The van der Waals surface area contributed by atoms with Crippen molar-refractivity contribution < 1.29 is 13.2 Å². The second-order valence-electron chi connectivity index (χ2n) is 4.71. The largest absolute Gasteiger partial charge is 0.371 e. The van der Waals surface area contributed by atoms with Gasteiger partial charge in [-0.1, -0.05) is 29.8 Å². The molecule has 1 aromatic heterocycles. The van der Waals surface area contributed by atoms with Gasteiger partial charge in [0.2, 0.25) is 0 Å². The number of thiophene rings is 1. The fourth-order valence-corrected chi connectivity index (χ4v) is 4.96. The van der Waals surface area contributed by atoms with Gasteiger partial charge < -0.3 is 4.74 Å². The van der Waals surface area contributed by atoms with E-state index in [1.54, 1.807) is 29.6 Å². The number of nitrogens with zero attached hydrogens (tertiary/aromatic N) is 1. The Bertz CT molecular complexity index is 698. The molecule has 0 spiro atoms. The molecule has 0 bridgehead atoms. The first-order valence-corrected chi connectivity index (χ1v) is 9.18. The maximum atomic E-state index is 12.5. The Morgan fingerprint density at radius 3 is 2.67 bits per heavy atom. The van der Waals surface area contributed by atoms with Gasteiger partial charge in [-0.05, 0) is 29.1 Å². The van der Waals surface area contributed by atoms with Gasteiger partial charge in [-0.15, -0.1) is 11.3 Å². The van der Waals surface area contributed by atoms with Crippen molar-refractivity contribution in [1.82, 2.24) is 4.31 Å². The molecular formula is C14H14ClNO3S2. The molecule has 3 rings (SSSR count). The molecular weight excluding hydrogens is 330 g/mol. The highest BCUT2D eigenvalue weighted by Gasteiger charge is 2.31. The van der Waals surface area contributed by atoms with Gasteiger partial charge in [0.25, 0.3) is 10.0 Å². The summed E-state index contributed by atoms with van der Waals surface area (Å²) in [5.74, 6) is 0. The van der Waals surface area contributed by atoms with Crippen molar-refractivity contribution in [3.05, 3.63) is 52.4 Å². The predicted octanol–water partition coefficient (Wildman–Crippen LogP) is 3.16. The summed E-state index contributed by atoms with van der Waals surface area (Å²) in [5.41, 5.74) is 0.936. The van der Waals surface area contributed by atoms with E-state index >= 15 is 0 Å². The molecule has 1 fully saturated rings. The van der Waals surface area contributed by atoms with E-state index in [9.17, 15) is 8.42 Å². The van der Waals surface area contributed by atoms with Gasteiger partial charge in [-0.25, -0.2) is 8.42 Å². The van der Waals surface area contributed by atoms with Crippen LogP contribution in [0, 0.1) is 0 Å². The van der Waals surface area contributed by atoms with E-state index in [-0.39, 0.29) is 6.10 Å². The van der Waals surface area contributed by atoms with Gasteiger partial charge in [-0.2, -0.15) is 4.31 Å². The maximum Gasteiger partial charge on any atom is 0.252 e. The minimum absolute atomic E-state index is 0.259. The van der Waals surface area contributed by atoms with Crippen molar-refractivity contribution in [2.45, 2.75) is 10.3 Å². The average molecular weight is 344 g/mol. The van der Waals surface area contributed by atoms with Gasteiger partial charge in [-0.3, -0.25) is 0 Å². The van der Waals surface area contributed by atoms with Gasteiger partial charge >= 0.3 is 0 Å². The van der Waals surface area contributed by atoms with Crippen LogP contribution in [-0.4, -0.2) is 32.4 Å². The highest BCUT2D eigenvalue weighted by atomic mass is 35.5. The predicted molar refractivity (Wildman–Crippen MR) is 83.2 cm³/mol. The zero-order chi connectivity index (χ0) is 14.9. The Kier molecular flexibility index (Phi) is 4.33. The van der Waals surface area contributed by atoms with Gasteiger partial charge in [0.05, 0.1) is 12.7 Å². The number of halogens is 1. The minimum Gasteiger partial charge on any atom is -0.371 e. The van der Waals surface area contributed by atoms with Gasteiger partial charge in [0.15, 0.2) is 0 Å². The Balaban J connectivity index is 1.82. The topological polar surface area (TPSA) is 46.6 Å². The molecule has 0 N–H and O–H groups in total. The second-order valence-corrected chi connectivity index (χ2v) is 8.26. The molecule has 21 heavy (non-hydrogen) atoms. The maximum absolute atomic E-state index is 12.5. The summed E-state index contributed by atoms with van der Waals surface area (Å²) < 4.78 is 32.6. The van der Waals surface area contributed by atoms with Crippen LogP contribution in [0.3, 0.4) is 0 Å². The van der Waals surface area contributed by atoms with E-state index < -0.39 is 10.0 Å². The molecule has 0 saturated carbocycles. The molecule has 4 nitrogen and oxygen atoms in total. The van der Waals surface area contributed by atoms with Crippen LogP contribution in [-0.2, 0) is 14.8 Å². The Morgan fingerprint density at radius 1 is 1.24 bits per heavy atom. The third-order valence-electron chi connectivity index (χ3n) is 3.36. The van der Waals surface area contributed by atoms with Crippen LogP contribution < -0.4 is 0 Å². The van der Waals surface area contributed by atoms with E-state index in [1.807, 2.05) is 12.1 Å². The minimum atomic E-state index is -3.42. The van der Waals surface area contributed by atoms with Crippen LogP contribution in [0.2, 0.25) is 5.02 Å². The summed E-state index contributed by atoms with van der Waals surface area (Å²) in [4.78, 5) is 0. The van der Waals surface area contributed by atoms with Crippen molar-refractivity contribution in [2.75, 3.05) is 19.7 Å². The van der Waals surface area contributed by atoms with E-state index in [0.717, 1.165) is 5.56 Å². The molecule has 1 aromatic carbocycles. The summed E-state index contributed by atoms with van der Waals surface area (Å²) in [6.07, 6.45) is -0.259. The van der Waals surface area contributed by atoms with Crippen molar-refractivity contribution in [3.8, 4) is 0 Å². The Labute approximate surface area is 133 Å². The van der Waals surface area contributed by atoms with Crippen molar-refractivity contribution in [3.63, 3.8) is 0 Å². The molecule has 1 aliphatic rings. The lowest BCUT2D eigenvalue weighted by atomic mass is 10.1. The van der Waals surface area contributed by atoms with E-state index in [4.69, 9.17) is 16.3 Å². The molecule has 1 aliphatic heterocycles. The van der Waals surface area contributed by atoms with Crippen molar-refractivity contribution in [2.24, 2.45) is 0 Å². The Morgan fingerprint density at radius 2 is 2.00 bits per heavy atom. The molecule has 1 unspecified atom stereocenters. The van der Waals surface area contributed by atoms with Crippen LogP contribution in [0.15, 0.2) is 46.0 Å². The number of hydrogen-bond donors (Lipinski definition) is 0. The number of ether oxygens (including phenoxy) is 1. The molecule has 1 saturated heterocycles. The third-order valence-corrected chi connectivity index (χ3v) is 6.85. The summed E-state index contributed by atoms with van der Waals surface area (Å²) in [7, 11) is -3.42. The number of rotatable bonds is 3. The zero-order valence-corrected chi connectivity index (χ0v) is 13.5. The molecule has 0 amide bonds. The van der Waals surface area contributed by atoms with E-state index in [1.165, 1.54) is 15.6 Å². The molecule has 2 aromatic rings. The molecule has 112 valence electrons. The smallest absolute Gasteiger partial charge is 0.252 e. The Hall–Kier alpha value is -0.920. The van der Waals surface area contributed by atoms with Crippen molar-refractivity contribution >= 4 is 33.0 Å². The second kappa shape index (κ2) is 6.06. The van der Waals surface area contributed by atoms with Gasteiger partial charge in [0, 0.05) is 18.1 Å². The normalized spacial score (nSPS) is 20.5. The zero-order valence-electron chi connectivity index (χ0n) is 11.1. The first-order valence-electron chi connectivity index (χ1n) is 6.48. The van der Waals surface area contributed by atoms with E-state index in [0.29, 0.717) is 28.9 Å².